The monoisotopic (exact) mass is 440 g/mol. The lowest BCUT2D eigenvalue weighted by molar-refractivity contribution is -0.126. The Bertz CT molecular complexity index is 682. The van der Waals surface area contributed by atoms with Crippen LogP contribution in [-0.2, 0) is 14.3 Å². The molecule has 30 heavy (non-hydrogen) atoms. The first kappa shape index (κ1) is 25.7. The van der Waals surface area contributed by atoms with Crippen molar-refractivity contribution in [1.82, 2.24) is 21.3 Å². The number of aliphatic hydroxyl groups excluding tert-OH is 1. The maximum atomic E-state index is 12.2. The van der Waals surface area contributed by atoms with Crippen molar-refractivity contribution in [2.75, 3.05) is 32.4 Å². The highest BCUT2D eigenvalue weighted by Gasteiger charge is 2.24. The first-order valence-corrected chi connectivity index (χ1v) is 10.6. The van der Waals surface area contributed by atoms with E-state index in [-0.39, 0.29) is 25.5 Å². The average molecular weight is 441 g/mol. The van der Waals surface area contributed by atoms with Crippen LogP contribution in [0.25, 0.3) is 0 Å². The minimum absolute atomic E-state index is 0.0959. The highest BCUT2D eigenvalue weighted by Crippen LogP contribution is 2.19. The summed E-state index contributed by atoms with van der Waals surface area (Å²) in [6.45, 7) is 5.02. The number of aliphatic hydroxyl groups is 1. The van der Waals surface area contributed by atoms with Crippen LogP contribution in [-0.4, -0.2) is 73.2 Å². The van der Waals surface area contributed by atoms with Gasteiger partial charge in [-0.05, 0) is 40.0 Å². The molecule has 2 atom stereocenters. The third-order valence-electron chi connectivity index (χ3n) is 3.62. The third-order valence-corrected chi connectivity index (χ3v) is 4.75. The van der Waals surface area contributed by atoms with E-state index in [9.17, 15) is 19.5 Å². The Morgan fingerprint density at radius 3 is 2.33 bits per heavy atom. The van der Waals surface area contributed by atoms with Crippen LogP contribution in [0, 0.1) is 0 Å². The lowest BCUT2D eigenvalue weighted by Gasteiger charge is -2.25. The van der Waals surface area contributed by atoms with Gasteiger partial charge in [-0.25, -0.2) is 4.79 Å². The van der Waals surface area contributed by atoms with E-state index in [0.29, 0.717) is 5.75 Å². The van der Waals surface area contributed by atoms with Gasteiger partial charge in [-0.3, -0.25) is 9.59 Å². The largest absolute Gasteiger partial charge is 0.444 e. The Morgan fingerprint density at radius 1 is 1.07 bits per heavy atom. The number of carbonyl (C=O) groups excluding carboxylic acids is 3. The normalized spacial score (nSPS) is 13.1. The number of benzene rings is 1. The second kappa shape index (κ2) is 13.1. The van der Waals surface area contributed by atoms with E-state index in [2.05, 4.69) is 21.3 Å². The van der Waals surface area contributed by atoms with Crippen LogP contribution in [0.4, 0.5) is 4.79 Å². The summed E-state index contributed by atoms with van der Waals surface area (Å²) in [6, 6.07) is 8.89. The number of likely N-dealkylation sites (N-methyl/N-ethyl adjacent to an activating group) is 1. The summed E-state index contributed by atoms with van der Waals surface area (Å²) in [5, 5.41) is 21.0. The predicted molar refractivity (Wildman–Crippen MR) is 116 cm³/mol. The number of thioether (sulfide) groups is 1. The first-order valence-electron chi connectivity index (χ1n) is 9.64. The van der Waals surface area contributed by atoms with Gasteiger partial charge in [-0.1, -0.05) is 18.2 Å². The highest BCUT2D eigenvalue weighted by atomic mass is 32.2. The molecule has 0 aliphatic heterocycles. The summed E-state index contributed by atoms with van der Waals surface area (Å²) < 4.78 is 5.16. The fraction of sp³-hybridized carbons (Fsp3) is 0.550. The Balaban J connectivity index is 2.65. The molecule has 3 amide bonds. The van der Waals surface area contributed by atoms with Gasteiger partial charge in [0.15, 0.2) is 0 Å². The van der Waals surface area contributed by atoms with Gasteiger partial charge in [0.2, 0.25) is 11.8 Å². The SMILES string of the molecule is CNCC(=O)NCC(=O)NC(CSc1ccccc1)C(O)CNC(=O)OC(C)(C)C. The van der Waals surface area contributed by atoms with E-state index in [1.54, 1.807) is 27.8 Å². The summed E-state index contributed by atoms with van der Waals surface area (Å²) in [4.78, 5) is 36.5. The van der Waals surface area contributed by atoms with Gasteiger partial charge in [0.05, 0.1) is 25.2 Å². The van der Waals surface area contributed by atoms with Crippen LogP contribution in [0.3, 0.4) is 0 Å². The number of ether oxygens (including phenoxy) is 1. The summed E-state index contributed by atoms with van der Waals surface area (Å²) in [6.07, 6.45) is -1.70. The highest BCUT2D eigenvalue weighted by molar-refractivity contribution is 7.99. The number of alkyl carbamates (subject to hydrolysis) is 1. The fourth-order valence-electron chi connectivity index (χ4n) is 2.26. The standard InChI is InChI=1S/C20H32N4O5S/c1-20(2,3)29-19(28)23-10-16(25)15(13-30-14-8-6-5-7-9-14)24-18(27)12-22-17(26)11-21-4/h5-9,15-16,21,25H,10-13H2,1-4H3,(H,22,26)(H,23,28)(H,24,27). The van der Waals surface area contributed by atoms with Gasteiger partial charge in [0.25, 0.3) is 0 Å². The Kier molecular flexibility index (Phi) is 11.2. The van der Waals surface area contributed by atoms with Crippen LogP contribution in [0.1, 0.15) is 20.8 Å². The predicted octanol–water partition coefficient (Wildman–Crippen LogP) is 0.485. The van der Waals surface area contributed by atoms with E-state index in [1.165, 1.54) is 11.8 Å². The molecule has 0 bridgehead atoms. The molecule has 0 heterocycles. The van der Waals surface area contributed by atoms with Crippen molar-refractivity contribution in [2.45, 2.75) is 43.4 Å². The molecular weight excluding hydrogens is 408 g/mol. The van der Waals surface area contributed by atoms with Gasteiger partial charge >= 0.3 is 6.09 Å². The lowest BCUT2D eigenvalue weighted by atomic mass is 10.2. The molecule has 1 rings (SSSR count). The maximum absolute atomic E-state index is 12.2. The van der Waals surface area contributed by atoms with Crippen molar-refractivity contribution in [2.24, 2.45) is 0 Å². The zero-order chi connectivity index (χ0) is 22.6. The zero-order valence-corrected chi connectivity index (χ0v) is 18.7. The Hall–Kier alpha value is -2.30. The number of carbonyl (C=O) groups is 3. The maximum Gasteiger partial charge on any atom is 0.407 e. The fourth-order valence-corrected chi connectivity index (χ4v) is 3.28. The molecule has 0 fully saturated rings. The molecule has 9 nitrogen and oxygen atoms in total. The Labute approximate surface area is 181 Å². The van der Waals surface area contributed by atoms with Crippen LogP contribution in [0.2, 0.25) is 0 Å². The molecule has 1 aromatic carbocycles. The van der Waals surface area contributed by atoms with Crippen molar-refractivity contribution in [1.29, 1.82) is 0 Å². The summed E-state index contributed by atoms with van der Waals surface area (Å²) >= 11 is 1.46. The summed E-state index contributed by atoms with van der Waals surface area (Å²) in [5.74, 6) is -0.373. The smallest absolute Gasteiger partial charge is 0.407 e. The number of rotatable bonds is 11. The summed E-state index contributed by atoms with van der Waals surface area (Å²) in [5.41, 5.74) is -0.655. The average Bonchev–Trinajstić information content (AvgIpc) is 2.67. The van der Waals surface area contributed by atoms with Gasteiger partial charge in [0.1, 0.15) is 5.60 Å². The molecule has 0 aliphatic rings. The van der Waals surface area contributed by atoms with Gasteiger partial charge in [0, 0.05) is 17.2 Å². The molecule has 0 radical (unpaired) electrons. The quantitative estimate of drug-likeness (QED) is 0.317. The first-order chi connectivity index (χ1) is 14.1. The molecule has 0 aromatic heterocycles. The number of hydrogen-bond donors (Lipinski definition) is 5. The topological polar surface area (TPSA) is 129 Å². The molecule has 0 saturated carbocycles. The van der Waals surface area contributed by atoms with Crippen LogP contribution in [0.5, 0.6) is 0 Å². The molecule has 0 saturated heterocycles. The molecule has 2 unspecified atom stereocenters. The Morgan fingerprint density at radius 2 is 1.73 bits per heavy atom. The van der Waals surface area contributed by atoms with E-state index >= 15 is 0 Å². The minimum Gasteiger partial charge on any atom is -0.444 e. The van der Waals surface area contributed by atoms with Gasteiger partial charge < -0.3 is 31.1 Å². The van der Waals surface area contributed by atoms with E-state index in [0.717, 1.165) is 4.90 Å². The second-order valence-corrected chi connectivity index (χ2v) is 8.65. The van der Waals surface area contributed by atoms with Gasteiger partial charge in [-0.2, -0.15) is 0 Å². The molecule has 10 heteroatoms. The molecule has 0 spiro atoms. The number of hydrogen-bond acceptors (Lipinski definition) is 7. The number of amides is 3. The molecule has 0 aliphatic carbocycles. The zero-order valence-electron chi connectivity index (χ0n) is 17.9. The number of nitrogens with one attached hydrogen (secondary N) is 4. The van der Waals surface area contributed by atoms with Crippen LogP contribution in [0.15, 0.2) is 35.2 Å². The third kappa shape index (κ3) is 11.6. The van der Waals surface area contributed by atoms with Crippen LogP contribution >= 0.6 is 11.8 Å². The van der Waals surface area contributed by atoms with E-state index in [4.69, 9.17) is 4.74 Å². The van der Waals surface area contributed by atoms with Crippen molar-refractivity contribution < 1.29 is 24.2 Å². The summed E-state index contributed by atoms with van der Waals surface area (Å²) in [7, 11) is 1.63. The van der Waals surface area contributed by atoms with Crippen LogP contribution < -0.4 is 21.3 Å². The van der Waals surface area contributed by atoms with Crippen molar-refractivity contribution in [3.63, 3.8) is 0 Å². The second-order valence-electron chi connectivity index (χ2n) is 7.56. The van der Waals surface area contributed by atoms with Crippen molar-refractivity contribution >= 4 is 29.7 Å². The molecular formula is C20H32N4O5S. The molecule has 168 valence electrons. The van der Waals surface area contributed by atoms with E-state index < -0.39 is 29.7 Å². The van der Waals surface area contributed by atoms with Crippen molar-refractivity contribution in [3.05, 3.63) is 30.3 Å². The molecule has 1 aromatic rings. The minimum atomic E-state index is -1.05. The van der Waals surface area contributed by atoms with Crippen molar-refractivity contribution in [3.8, 4) is 0 Å². The lowest BCUT2D eigenvalue weighted by Crippen LogP contribution is -2.52. The van der Waals surface area contributed by atoms with E-state index in [1.807, 2.05) is 30.3 Å². The molecule has 5 N–H and O–H groups in total. The van der Waals surface area contributed by atoms with Gasteiger partial charge in [-0.15, -0.1) is 11.8 Å².